The molecule has 2 fully saturated rings. The Morgan fingerprint density at radius 2 is 2.09 bits per heavy atom. The summed E-state index contributed by atoms with van der Waals surface area (Å²) in [5, 5.41) is 4.46. The van der Waals surface area contributed by atoms with E-state index >= 15 is 0 Å². The number of rotatable bonds is 4. The largest absolute Gasteiger partial charge is 0.345 e. The van der Waals surface area contributed by atoms with Crippen molar-refractivity contribution < 1.29 is 4.79 Å². The molecule has 5 nitrogen and oxygen atoms in total. The van der Waals surface area contributed by atoms with Crippen molar-refractivity contribution in [2.24, 2.45) is 5.92 Å². The molecule has 132 valence electrons. The first-order chi connectivity index (χ1) is 10.2. The molecule has 1 aromatic heterocycles. The lowest BCUT2D eigenvalue weighted by atomic mass is 10.0. The zero-order chi connectivity index (χ0) is 14.7. The SMILES string of the molecule is Cc1cnc(N2CCN(C(=O)CCC3CCNC3)CC2)s1.Cl.Cl. The summed E-state index contributed by atoms with van der Waals surface area (Å²) in [5.41, 5.74) is 0. The Morgan fingerprint density at radius 1 is 1.35 bits per heavy atom. The molecule has 0 radical (unpaired) electrons. The van der Waals surface area contributed by atoms with Gasteiger partial charge in [0, 0.05) is 43.7 Å². The van der Waals surface area contributed by atoms with E-state index in [2.05, 4.69) is 22.1 Å². The average molecular weight is 381 g/mol. The molecule has 0 aliphatic carbocycles. The zero-order valence-electron chi connectivity index (χ0n) is 13.5. The fourth-order valence-electron chi connectivity index (χ4n) is 3.08. The number of aryl methyl sites for hydroxylation is 1. The number of amides is 1. The fourth-order valence-corrected chi connectivity index (χ4v) is 3.89. The lowest BCUT2D eigenvalue weighted by Crippen LogP contribution is -2.48. The van der Waals surface area contributed by atoms with E-state index in [0.717, 1.165) is 50.8 Å². The van der Waals surface area contributed by atoms with Gasteiger partial charge >= 0.3 is 0 Å². The van der Waals surface area contributed by atoms with Gasteiger partial charge < -0.3 is 15.1 Å². The van der Waals surface area contributed by atoms with Crippen molar-refractivity contribution in [3.05, 3.63) is 11.1 Å². The summed E-state index contributed by atoms with van der Waals surface area (Å²) in [6, 6.07) is 0. The van der Waals surface area contributed by atoms with Gasteiger partial charge in [-0.1, -0.05) is 0 Å². The zero-order valence-corrected chi connectivity index (χ0v) is 15.9. The van der Waals surface area contributed by atoms with Gasteiger partial charge in [-0.2, -0.15) is 0 Å². The summed E-state index contributed by atoms with van der Waals surface area (Å²) in [6.45, 7) is 7.77. The van der Waals surface area contributed by atoms with Crippen molar-refractivity contribution in [3.8, 4) is 0 Å². The molecule has 0 aromatic carbocycles. The second-order valence-corrected chi connectivity index (χ2v) is 7.23. The Kier molecular flexibility index (Phi) is 8.61. The highest BCUT2D eigenvalue weighted by Gasteiger charge is 2.23. The number of carbonyl (C=O) groups excluding carboxylic acids is 1. The number of hydrogen-bond acceptors (Lipinski definition) is 5. The van der Waals surface area contributed by atoms with Crippen LogP contribution in [0.15, 0.2) is 6.20 Å². The maximum Gasteiger partial charge on any atom is 0.222 e. The number of halogens is 2. The number of anilines is 1. The third-order valence-electron chi connectivity index (χ3n) is 4.44. The number of nitrogens with one attached hydrogen (secondary N) is 1. The van der Waals surface area contributed by atoms with Gasteiger partial charge in [0.05, 0.1) is 0 Å². The minimum atomic E-state index is 0. The molecule has 1 unspecified atom stereocenters. The summed E-state index contributed by atoms with van der Waals surface area (Å²) in [4.78, 5) is 22.3. The minimum absolute atomic E-state index is 0. The van der Waals surface area contributed by atoms with Crippen LogP contribution in [0.5, 0.6) is 0 Å². The van der Waals surface area contributed by atoms with Crippen molar-refractivity contribution in [3.63, 3.8) is 0 Å². The first-order valence-electron chi connectivity index (χ1n) is 7.88. The topological polar surface area (TPSA) is 48.5 Å². The Bertz CT molecular complexity index is 486. The number of aromatic nitrogens is 1. The molecular formula is C15H26Cl2N4OS. The Morgan fingerprint density at radius 3 is 2.65 bits per heavy atom. The maximum atomic E-state index is 12.3. The minimum Gasteiger partial charge on any atom is -0.345 e. The molecule has 0 spiro atoms. The molecule has 1 amide bonds. The highest BCUT2D eigenvalue weighted by Crippen LogP contribution is 2.23. The molecule has 2 aliphatic heterocycles. The first-order valence-corrected chi connectivity index (χ1v) is 8.70. The van der Waals surface area contributed by atoms with Crippen LogP contribution in [-0.4, -0.2) is 55.1 Å². The first kappa shape index (κ1) is 20.5. The van der Waals surface area contributed by atoms with Crippen LogP contribution < -0.4 is 10.2 Å². The van der Waals surface area contributed by atoms with Crippen molar-refractivity contribution in [1.82, 2.24) is 15.2 Å². The molecule has 0 saturated carbocycles. The lowest BCUT2D eigenvalue weighted by Gasteiger charge is -2.34. The third kappa shape index (κ3) is 5.48. The van der Waals surface area contributed by atoms with E-state index < -0.39 is 0 Å². The standard InChI is InChI=1S/C15H24N4OS.2ClH/c1-12-10-17-15(21-12)19-8-6-18(7-9-19)14(20)3-2-13-4-5-16-11-13;;/h10,13,16H,2-9,11H2,1H3;2*1H. The van der Waals surface area contributed by atoms with Crippen LogP contribution >= 0.6 is 36.2 Å². The van der Waals surface area contributed by atoms with Gasteiger partial charge in [-0.05, 0) is 38.8 Å². The smallest absolute Gasteiger partial charge is 0.222 e. The number of carbonyl (C=O) groups is 1. The van der Waals surface area contributed by atoms with Crippen molar-refractivity contribution in [2.45, 2.75) is 26.2 Å². The van der Waals surface area contributed by atoms with Crippen LogP contribution in [0.3, 0.4) is 0 Å². The molecular weight excluding hydrogens is 355 g/mol. The maximum absolute atomic E-state index is 12.3. The lowest BCUT2D eigenvalue weighted by molar-refractivity contribution is -0.131. The predicted octanol–water partition coefficient (Wildman–Crippen LogP) is 2.33. The Balaban J connectivity index is 0.00000132. The Labute approximate surface area is 154 Å². The average Bonchev–Trinajstić information content (AvgIpc) is 3.16. The molecule has 23 heavy (non-hydrogen) atoms. The van der Waals surface area contributed by atoms with Crippen LogP contribution in [0.25, 0.3) is 0 Å². The summed E-state index contributed by atoms with van der Waals surface area (Å²) >= 11 is 1.74. The summed E-state index contributed by atoms with van der Waals surface area (Å²) in [5.74, 6) is 1.03. The normalized spacial score (nSPS) is 20.8. The number of hydrogen-bond donors (Lipinski definition) is 1. The predicted molar refractivity (Wildman–Crippen MR) is 100 cm³/mol. The van der Waals surface area contributed by atoms with Gasteiger partial charge in [-0.25, -0.2) is 4.98 Å². The van der Waals surface area contributed by atoms with Gasteiger partial charge in [0.1, 0.15) is 0 Å². The van der Waals surface area contributed by atoms with E-state index in [0.29, 0.717) is 18.2 Å². The van der Waals surface area contributed by atoms with E-state index in [1.165, 1.54) is 11.3 Å². The molecule has 0 bridgehead atoms. The number of nitrogens with zero attached hydrogens (tertiary/aromatic N) is 3. The second kappa shape index (κ2) is 9.67. The van der Waals surface area contributed by atoms with Crippen LogP contribution in [0.2, 0.25) is 0 Å². The highest BCUT2D eigenvalue weighted by molar-refractivity contribution is 7.15. The van der Waals surface area contributed by atoms with Crippen LogP contribution in [0, 0.1) is 12.8 Å². The summed E-state index contributed by atoms with van der Waals surface area (Å²) in [7, 11) is 0. The molecule has 1 aromatic rings. The number of piperazine rings is 1. The van der Waals surface area contributed by atoms with E-state index in [1.807, 2.05) is 11.1 Å². The van der Waals surface area contributed by atoms with Crippen molar-refractivity contribution in [2.75, 3.05) is 44.2 Å². The third-order valence-corrected chi connectivity index (χ3v) is 5.41. The highest BCUT2D eigenvalue weighted by atomic mass is 35.5. The molecule has 3 heterocycles. The summed E-state index contributed by atoms with van der Waals surface area (Å²) in [6.07, 6.45) is 4.90. The summed E-state index contributed by atoms with van der Waals surface area (Å²) < 4.78 is 0. The van der Waals surface area contributed by atoms with Gasteiger partial charge in [0.2, 0.25) is 5.91 Å². The molecule has 1 N–H and O–H groups in total. The van der Waals surface area contributed by atoms with Crippen LogP contribution in [-0.2, 0) is 4.79 Å². The fraction of sp³-hybridized carbons (Fsp3) is 0.733. The quantitative estimate of drug-likeness (QED) is 0.870. The van der Waals surface area contributed by atoms with E-state index in [1.54, 1.807) is 11.3 Å². The number of thiazole rings is 1. The molecule has 8 heteroatoms. The molecule has 1 atom stereocenters. The van der Waals surface area contributed by atoms with Crippen molar-refractivity contribution in [1.29, 1.82) is 0 Å². The van der Waals surface area contributed by atoms with Gasteiger partial charge in [-0.3, -0.25) is 4.79 Å². The van der Waals surface area contributed by atoms with Gasteiger partial charge in [-0.15, -0.1) is 36.2 Å². The molecule has 3 rings (SSSR count). The second-order valence-electron chi connectivity index (χ2n) is 6.02. The molecule has 2 saturated heterocycles. The van der Waals surface area contributed by atoms with Crippen LogP contribution in [0.1, 0.15) is 24.1 Å². The van der Waals surface area contributed by atoms with Crippen molar-refractivity contribution >= 4 is 47.2 Å². The molecule has 2 aliphatic rings. The van der Waals surface area contributed by atoms with E-state index in [4.69, 9.17) is 0 Å². The van der Waals surface area contributed by atoms with Gasteiger partial charge in [0.15, 0.2) is 5.13 Å². The van der Waals surface area contributed by atoms with Crippen LogP contribution in [0.4, 0.5) is 5.13 Å². The Hall–Kier alpha value is -0.560. The van der Waals surface area contributed by atoms with E-state index in [-0.39, 0.29) is 24.8 Å². The monoisotopic (exact) mass is 380 g/mol. The van der Waals surface area contributed by atoms with Gasteiger partial charge in [0.25, 0.3) is 0 Å². The van der Waals surface area contributed by atoms with E-state index in [9.17, 15) is 4.79 Å².